The molecule has 3 aromatic rings. The third-order valence-electron chi connectivity index (χ3n) is 3.95. The van der Waals surface area contributed by atoms with Crippen LogP contribution >= 0.6 is 11.8 Å². The monoisotopic (exact) mass is 395 g/mol. The zero-order valence-electron chi connectivity index (χ0n) is 15.1. The van der Waals surface area contributed by atoms with Gasteiger partial charge in [0.2, 0.25) is 0 Å². The van der Waals surface area contributed by atoms with Gasteiger partial charge in [0.25, 0.3) is 5.91 Å². The van der Waals surface area contributed by atoms with Gasteiger partial charge in [-0.05, 0) is 73.0 Å². The fourth-order valence-corrected chi connectivity index (χ4v) is 2.98. The van der Waals surface area contributed by atoms with Crippen molar-refractivity contribution in [3.8, 4) is 5.75 Å². The van der Waals surface area contributed by atoms with Gasteiger partial charge in [-0.1, -0.05) is 6.07 Å². The predicted molar refractivity (Wildman–Crippen MR) is 109 cm³/mol. The van der Waals surface area contributed by atoms with Crippen LogP contribution in [0.3, 0.4) is 0 Å². The molecule has 142 valence electrons. The number of hydrogen-bond acceptors (Lipinski definition) is 4. The summed E-state index contributed by atoms with van der Waals surface area (Å²) in [7, 11) is 0. The molecule has 0 atom stereocenters. The molecule has 0 aliphatic carbocycles. The Bertz CT molecular complexity index is 972. The maximum atomic E-state index is 13.0. The second kappa shape index (κ2) is 9.19. The van der Waals surface area contributed by atoms with E-state index in [4.69, 9.17) is 4.74 Å². The van der Waals surface area contributed by atoms with Crippen molar-refractivity contribution >= 4 is 29.1 Å². The van der Waals surface area contributed by atoms with E-state index in [0.717, 1.165) is 4.90 Å². The van der Waals surface area contributed by atoms with Crippen LogP contribution in [0.15, 0.2) is 77.7 Å². The highest BCUT2D eigenvalue weighted by Gasteiger charge is 2.10. The average molecular weight is 395 g/mol. The summed E-state index contributed by atoms with van der Waals surface area (Å²) < 4.78 is 18.4. The number of halogens is 1. The van der Waals surface area contributed by atoms with Gasteiger partial charge in [0.05, 0.1) is 0 Å². The van der Waals surface area contributed by atoms with Gasteiger partial charge in [-0.3, -0.25) is 9.59 Å². The number of benzene rings is 3. The van der Waals surface area contributed by atoms with Crippen LogP contribution in [0.5, 0.6) is 5.75 Å². The Kier molecular flexibility index (Phi) is 6.45. The zero-order valence-corrected chi connectivity index (χ0v) is 16.0. The summed E-state index contributed by atoms with van der Waals surface area (Å²) in [6.45, 7) is -0.144. The van der Waals surface area contributed by atoms with Gasteiger partial charge in [-0.15, -0.1) is 11.8 Å². The molecule has 0 spiro atoms. The molecule has 0 heterocycles. The Labute approximate surface area is 166 Å². The van der Waals surface area contributed by atoms with Crippen molar-refractivity contribution in [3.63, 3.8) is 0 Å². The molecule has 0 saturated heterocycles. The minimum Gasteiger partial charge on any atom is -0.484 e. The number of ether oxygens (including phenoxy) is 1. The summed E-state index contributed by atoms with van der Waals surface area (Å²) in [5.74, 6) is -0.398. The number of carbonyl (C=O) groups is 2. The van der Waals surface area contributed by atoms with Crippen LogP contribution in [0.2, 0.25) is 0 Å². The maximum Gasteiger partial charge on any atom is 0.262 e. The highest BCUT2D eigenvalue weighted by atomic mass is 32.2. The van der Waals surface area contributed by atoms with Gasteiger partial charge in [-0.2, -0.15) is 0 Å². The number of anilines is 1. The minimum absolute atomic E-state index is 0.144. The molecular formula is C22H18FNO3S. The number of ketones is 1. The molecule has 1 amide bonds. The van der Waals surface area contributed by atoms with E-state index in [0.29, 0.717) is 22.6 Å². The molecule has 6 heteroatoms. The number of hydrogen-bond donors (Lipinski definition) is 1. The lowest BCUT2D eigenvalue weighted by Crippen LogP contribution is -2.20. The van der Waals surface area contributed by atoms with Crippen LogP contribution in [-0.4, -0.2) is 24.6 Å². The van der Waals surface area contributed by atoms with Crippen molar-refractivity contribution in [2.24, 2.45) is 0 Å². The van der Waals surface area contributed by atoms with Crippen LogP contribution in [-0.2, 0) is 4.79 Å². The molecule has 0 unspecified atom stereocenters. The maximum absolute atomic E-state index is 13.0. The van der Waals surface area contributed by atoms with Gasteiger partial charge in [-0.25, -0.2) is 4.39 Å². The van der Waals surface area contributed by atoms with E-state index in [1.165, 1.54) is 24.3 Å². The Morgan fingerprint density at radius 1 is 0.964 bits per heavy atom. The van der Waals surface area contributed by atoms with Crippen LogP contribution in [0, 0.1) is 5.82 Å². The van der Waals surface area contributed by atoms with Gasteiger partial charge >= 0.3 is 0 Å². The molecule has 0 aromatic heterocycles. The molecule has 0 fully saturated rings. The Morgan fingerprint density at radius 2 is 1.61 bits per heavy atom. The summed E-state index contributed by atoms with van der Waals surface area (Å²) in [5, 5.41) is 2.78. The molecule has 3 aromatic carbocycles. The lowest BCUT2D eigenvalue weighted by atomic mass is 10.0. The smallest absolute Gasteiger partial charge is 0.262 e. The molecule has 3 rings (SSSR count). The molecular weight excluding hydrogens is 377 g/mol. The van der Waals surface area contributed by atoms with Crippen molar-refractivity contribution in [2.75, 3.05) is 18.2 Å². The first kappa shape index (κ1) is 19.6. The molecule has 0 radical (unpaired) electrons. The quantitative estimate of drug-likeness (QED) is 0.461. The number of amides is 1. The second-order valence-electron chi connectivity index (χ2n) is 5.93. The van der Waals surface area contributed by atoms with Gasteiger partial charge in [0.15, 0.2) is 12.4 Å². The third kappa shape index (κ3) is 5.20. The second-order valence-corrected chi connectivity index (χ2v) is 6.81. The largest absolute Gasteiger partial charge is 0.484 e. The van der Waals surface area contributed by atoms with Crippen LogP contribution in [0.1, 0.15) is 15.9 Å². The first-order chi connectivity index (χ1) is 13.5. The fraction of sp³-hybridized carbons (Fsp3) is 0.0909. The van der Waals surface area contributed by atoms with E-state index in [1.807, 2.05) is 30.5 Å². The molecule has 1 N–H and O–H groups in total. The summed E-state index contributed by atoms with van der Waals surface area (Å²) >= 11 is 1.59. The molecule has 0 aliphatic rings. The lowest BCUT2D eigenvalue weighted by molar-refractivity contribution is -0.118. The van der Waals surface area contributed by atoms with Crippen LogP contribution in [0.4, 0.5) is 10.1 Å². The summed E-state index contributed by atoms with van der Waals surface area (Å²) in [6.07, 6.45) is 1.97. The fourth-order valence-electron chi connectivity index (χ4n) is 2.52. The minimum atomic E-state index is -0.390. The summed E-state index contributed by atoms with van der Waals surface area (Å²) in [4.78, 5) is 25.5. The SMILES string of the molecule is CSc1cccc(NC(=O)COc2ccc(C(=O)c3ccc(F)cc3)cc2)c1. The zero-order chi connectivity index (χ0) is 19.9. The van der Waals surface area contributed by atoms with E-state index in [-0.39, 0.29) is 18.3 Å². The number of nitrogens with one attached hydrogen (secondary N) is 1. The summed E-state index contributed by atoms with van der Waals surface area (Å²) in [6, 6.07) is 19.4. The Morgan fingerprint density at radius 3 is 2.25 bits per heavy atom. The van der Waals surface area contributed by atoms with Crippen molar-refractivity contribution in [3.05, 3.63) is 89.7 Å². The van der Waals surface area contributed by atoms with Crippen LogP contribution < -0.4 is 10.1 Å². The lowest BCUT2D eigenvalue weighted by Gasteiger charge is -2.09. The van der Waals surface area contributed by atoms with E-state index in [2.05, 4.69) is 5.32 Å². The number of rotatable bonds is 7. The standard InChI is InChI=1S/C22H18FNO3S/c1-28-20-4-2-3-18(13-20)24-21(25)14-27-19-11-7-16(8-12-19)22(26)15-5-9-17(23)10-6-15/h2-13H,14H2,1H3,(H,24,25). The van der Waals surface area contributed by atoms with E-state index < -0.39 is 5.82 Å². The number of carbonyl (C=O) groups excluding carboxylic acids is 2. The molecule has 0 saturated carbocycles. The molecule has 0 aliphatic heterocycles. The van der Waals surface area contributed by atoms with Gasteiger partial charge < -0.3 is 10.1 Å². The van der Waals surface area contributed by atoms with Gasteiger partial charge in [0, 0.05) is 21.7 Å². The predicted octanol–water partition coefficient (Wildman–Crippen LogP) is 4.80. The Balaban J connectivity index is 1.56. The normalized spacial score (nSPS) is 10.4. The van der Waals surface area contributed by atoms with Crippen LogP contribution in [0.25, 0.3) is 0 Å². The van der Waals surface area contributed by atoms with Crippen molar-refractivity contribution < 1.29 is 18.7 Å². The van der Waals surface area contributed by atoms with E-state index >= 15 is 0 Å². The number of thioether (sulfide) groups is 1. The molecule has 0 bridgehead atoms. The first-order valence-electron chi connectivity index (χ1n) is 8.52. The van der Waals surface area contributed by atoms with Gasteiger partial charge in [0.1, 0.15) is 11.6 Å². The van der Waals surface area contributed by atoms with E-state index in [1.54, 1.807) is 36.0 Å². The summed E-state index contributed by atoms with van der Waals surface area (Å²) in [5.41, 5.74) is 1.57. The molecule has 28 heavy (non-hydrogen) atoms. The average Bonchev–Trinajstić information content (AvgIpc) is 2.73. The highest BCUT2D eigenvalue weighted by Crippen LogP contribution is 2.19. The van der Waals surface area contributed by atoms with E-state index in [9.17, 15) is 14.0 Å². The van der Waals surface area contributed by atoms with Crippen molar-refractivity contribution in [1.82, 2.24) is 0 Å². The highest BCUT2D eigenvalue weighted by molar-refractivity contribution is 7.98. The first-order valence-corrected chi connectivity index (χ1v) is 9.74. The molecule has 4 nitrogen and oxygen atoms in total. The topological polar surface area (TPSA) is 55.4 Å². The Hall–Kier alpha value is -3.12. The van der Waals surface area contributed by atoms with Crippen molar-refractivity contribution in [2.45, 2.75) is 4.90 Å². The third-order valence-corrected chi connectivity index (χ3v) is 4.67. The van der Waals surface area contributed by atoms with Crippen molar-refractivity contribution in [1.29, 1.82) is 0 Å².